The summed E-state index contributed by atoms with van der Waals surface area (Å²) in [4.78, 5) is 6.31. The van der Waals surface area contributed by atoms with Crippen LogP contribution in [0.4, 0.5) is 5.82 Å². The van der Waals surface area contributed by atoms with E-state index in [9.17, 15) is 5.11 Å². The van der Waals surface area contributed by atoms with Gasteiger partial charge in [-0.15, -0.1) is 0 Å². The molecule has 0 radical (unpaired) electrons. The number of likely N-dealkylation sites (N-methyl/N-ethyl adjacent to an activating group) is 1. The van der Waals surface area contributed by atoms with Gasteiger partial charge in [0.25, 0.3) is 0 Å². The normalized spacial score (nSPS) is 10.6. The molecule has 0 bridgehead atoms. The minimum Gasteiger partial charge on any atom is -0.508 e. The Bertz CT molecular complexity index is 499. The molecule has 84 valence electrons. The average Bonchev–Trinajstić information content (AvgIpc) is 2.28. The molecule has 0 spiro atoms. The molecular weight excluding hydrogens is 202 g/mol. The van der Waals surface area contributed by atoms with E-state index in [0.717, 1.165) is 23.1 Å². The van der Waals surface area contributed by atoms with Crippen LogP contribution >= 0.6 is 0 Å². The molecule has 0 unspecified atom stereocenters. The van der Waals surface area contributed by atoms with Gasteiger partial charge in [0, 0.05) is 31.7 Å². The van der Waals surface area contributed by atoms with Gasteiger partial charge in [-0.3, -0.25) is 0 Å². The smallest absolute Gasteiger partial charge is 0.136 e. The average molecular weight is 217 g/mol. The highest BCUT2D eigenvalue weighted by atomic mass is 16.3. The topological polar surface area (TPSA) is 62.4 Å². The summed E-state index contributed by atoms with van der Waals surface area (Å²) in [7, 11) is 1.94. The molecule has 0 aliphatic rings. The molecule has 0 fully saturated rings. The highest BCUT2D eigenvalue weighted by Gasteiger charge is 2.07. The van der Waals surface area contributed by atoms with Crippen LogP contribution in [0, 0.1) is 0 Å². The number of benzene rings is 1. The molecule has 3 N–H and O–H groups in total. The van der Waals surface area contributed by atoms with E-state index >= 15 is 0 Å². The van der Waals surface area contributed by atoms with Gasteiger partial charge in [0.15, 0.2) is 0 Å². The van der Waals surface area contributed by atoms with Crippen LogP contribution in [0.15, 0.2) is 30.5 Å². The lowest BCUT2D eigenvalue weighted by atomic mass is 10.1. The maximum Gasteiger partial charge on any atom is 0.136 e. The third-order valence-corrected chi connectivity index (χ3v) is 2.55. The zero-order valence-electron chi connectivity index (χ0n) is 9.22. The highest BCUT2D eigenvalue weighted by Crippen LogP contribution is 2.26. The van der Waals surface area contributed by atoms with Crippen LogP contribution in [0.2, 0.25) is 0 Å². The van der Waals surface area contributed by atoms with E-state index in [2.05, 4.69) is 4.98 Å². The molecule has 4 heteroatoms. The largest absolute Gasteiger partial charge is 0.508 e. The van der Waals surface area contributed by atoms with Crippen LogP contribution in [0.1, 0.15) is 0 Å². The lowest BCUT2D eigenvalue weighted by molar-refractivity contribution is 0.476. The number of phenolic OH excluding ortho intramolecular Hbond substituents is 1. The number of aromatic nitrogens is 1. The van der Waals surface area contributed by atoms with Gasteiger partial charge in [0.1, 0.15) is 11.6 Å². The van der Waals surface area contributed by atoms with Crippen LogP contribution in [-0.2, 0) is 0 Å². The maximum atomic E-state index is 9.50. The van der Waals surface area contributed by atoms with Crippen molar-refractivity contribution >= 4 is 16.6 Å². The number of aromatic hydroxyl groups is 1. The summed E-state index contributed by atoms with van der Waals surface area (Å²) in [5, 5.41) is 11.5. The van der Waals surface area contributed by atoms with Crippen LogP contribution in [0.5, 0.6) is 5.75 Å². The van der Waals surface area contributed by atoms with E-state index < -0.39 is 0 Å². The summed E-state index contributed by atoms with van der Waals surface area (Å²) >= 11 is 0. The molecule has 2 aromatic rings. The SMILES string of the molecule is CN(CCN)c1nccc2ccc(O)cc12. The zero-order valence-corrected chi connectivity index (χ0v) is 9.22. The Morgan fingerprint density at radius 3 is 2.94 bits per heavy atom. The predicted molar refractivity (Wildman–Crippen MR) is 65.7 cm³/mol. The molecule has 1 heterocycles. The third-order valence-electron chi connectivity index (χ3n) is 2.55. The van der Waals surface area contributed by atoms with Crippen molar-refractivity contribution < 1.29 is 5.11 Å². The van der Waals surface area contributed by atoms with Crippen molar-refractivity contribution in [2.75, 3.05) is 25.0 Å². The molecule has 0 aliphatic carbocycles. The van der Waals surface area contributed by atoms with Crippen LogP contribution in [0.25, 0.3) is 10.8 Å². The molecule has 0 atom stereocenters. The van der Waals surface area contributed by atoms with Crippen LogP contribution in [0.3, 0.4) is 0 Å². The Hall–Kier alpha value is -1.81. The van der Waals surface area contributed by atoms with E-state index in [-0.39, 0.29) is 5.75 Å². The number of hydrogen-bond acceptors (Lipinski definition) is 4. The molecule has 0 amide bonds. The van der Waals surface area contributed by atoms with Crippen molar-refractivity contribution in [3.8, 4) is 5.75 Å². The molecule has 2 rings (SSSR count). The van der Waals surface area contributed by atoms with Gasteiger partial charge in [-0.1, -0.05) is 6.07 Å². The van der Waals surface area contributed by atoms with E-state index in [4.69, 9.17) is 5.73 Å². The molecule has 0 saturated carbocycles. The quantitative estimate of drug-likeness (QED) is 0.814. The van der Waals surface area contributed by atoms with Gasteiger partial charge in [0.05, 0.1) is 0 Å². The van der Waals surface area contributed by atoms with Crippen molar-refractivity contribution in [1.29, 1.82) is 0 Å². The minimum absolute atomic E-state index is 0.253. The fourth-order valence-corrected chi connectivity index (χ4v) is 1.74. The van der Waals surface area contributed by atoms with Crippen LogP contribution < -0.4 is 10.6 Å². The van der Waals surface area contributed by atoms with Crippen LogP contribution in [-0.4, -0.2) is 30.2 Å². The third kappa shape index (κ3) is 1.92. The van der Waals surface area contributed by atoms with Crippen molar-refractivity contribution in [3.05, 3.63) is 30.5 Å². The second-order valence-electron chi connectivity index (χ2n) is 3.75. The lowest BCUT2D eigenvalue weighted by Gasteiger charge is -2.18. The Labute approximate surface area is 94.3 Å². The number of hydrogen-bond donors (Lipinski definition) is 2. The fraction of sp³-hybridized carbons (Fsp3) is 0.250. The van der Waals surface area contributed by atoms with Gasteiger partial charge < -0.3 is 15.7 Å². The molecule has 1 aromatic carbocycles. The molecule has 1 aromatic heterocycles. The van der Waals surface area contributed by atoms with Gasteiger partial charge in [-0.25, -0.2) is 4.98 Å². The van der Waals surface area contributed by atoms with Gasteiger partial charge in [0.2, 0.25) is 0 Å². The highest BCUT2D eigenvalue weighted by molar-refractivity contribution is 5.93. The summed E-state index contributed by atoms with van der Waals surface area (Å²) in [5.74, 6) is 1.10. The van der Waals surface area contributed by atoms with Crippen molar-refractivity contribution in [1.82, 2.24) is 4.98 Å². The molecule has 0 saturated heterocycles. The van der Waals surface area contributed by atoms with Crippen molar-refractivity contribution in [2.24, 2.45) is 5.73 Å². The van der Waals surface area contributed by atoms with E-state index in [1.54, 1.807) is 18.3 Å². The molecule has 4 nitrogen and oxygen atoms in total. The number of nitrogens with two attached hydrogens (primary N) is 1. The van der Waals surface area contributed by atoms with E-state index in [1.807, 2.05) is 24.1 Å². The molecule has 16 heavy (non-hydrogen) atoms. The Balaban J connectivity index is 2.55. The van der Waals surface area contributed by atoms with E-state index in [0.29, 0.717) is 6.54 Å². The standard InChI is InChI=1S/C12H15N3O/c1-15(7-5-13)12-11-8-10(16)3-2-9(11)4-6-14-12/h2-4,6,8,16H,5,7,13H2,1H3. The Morgan fingerprint density at radius 2 is 2.19 bits per heavy atom. The number of anilines is 1. The molecular formula is C12H15N3O. The summed E-state index contributed by atoms with van der Waals surface area (Å²) < 4.78 is 0. The van der Waals surface area contributed by atoms with Gasteiger partial charge in [-0.2, -0.15) is 0 Å². The monoisotopic (exact) mass is 217 g/mol. The first-order valence-corrected chi connectivity index (χ1v) is 5.21. The number of pyridine rings is 1. The van der Waals surface area contributed by atoms with E-state index in [1.165, 1.54) is 0 Å². The second-order valence-corrected chi connectivity index (χ2v) is 3.75. The number of rotatable bonds is 3. The number of phenols is 1. The summed E-state index contributed by atoms with van der Waals surface area (Å²) in [6.45, 7) is 1.31. The lowest BCUT2D eigenvalue weighted by Crippen LogP contribution is -2.25. The number of nitrogens with zero attached hydrogens (tertiary/aromatic N) is 2. The zero-order chi connectivity index (χ0) is 11.5. The van der Waals surface area contributed by atoms with Gasteiger partial charge in [-0.05, 0) is 23.6 Å². The van der Waals surface area contributed by atoms with Crippen molar-refractivity contribution in [2.45, 2.75) is 0 Å². The Kier molecular flexibility index (Phi) is 2.92. The first-order chi connectivity index (χ1) is 7.72. The summed E-state index contributed by atoms with van der Waals surface area (Å²) in [6, 6.07) is 7.21. The summed E-state index contributed by atoms with van der Waals surface area (Å²) in [6.07, 6.45) is 1.77. The second kappa shape index (κ2) is 4.37. The molecule has 0 aliphatic heterocycles. The number of fused-ring (bicyclic) bond motifs is 1. The van der Waals surface area contributed by atoms with Gasteiger partial charge >= 0.3 is 0 Å². The maximum absolute atomic E-state index is 9.50. The Morgan fingerprint density at radius 1 is 1.38 bits per heavy atom. The fourth-order valence-electron chi connectivity index (χ4n) is 1.74. The summed E-state index contributed by atoms with van der Waals surface area (Å²) in [5.41, 5.74) is 5.52. The minimum atomic E-state index is 0.253. The first-order valence-electron chi connectivity index (χ1n) is 5.21. The van der Waals surface area contributed by atoms with Crippen molar-refractivity contribution in [3.63, 3.8) is 0 Å². The predicted octanol–water partition coefficient (Wildman–Crippen LogP) is 1.34. The first kappa shape index (κ1) is 10.7.